The molecule has 0 saturated heterocycles. The molecule has 1 heterocycles. The van der Waals surface area contributed by atoms with Gasteiger partial charge in [0, 0.05) is 6.54 Å². The molecule has 1 N–H and O–H groups in total. The van der Waals surface area contributed by atoms with Gasteiger partial charge in [-0.25, -0.2) is 0 Å². The van der Waals surface area contributed by atoms with E-state index in [1.165, 1.54) is 12.0 Å². The van der Waals surface area contributed by atoms with E-state index >= 15 is 0 Å². The summed E-state index contributed by atoms with van der Waals surface area (Å²) in [6.07, 6.45) is 1.17. The molecule has 0 radical (unpaired) electrons. The summed E-state index contributed by atoms with van der Waals surface area (Å²) < 4.78 is 0. The van der Waals surface area contributed by atoms with Gasteiger partial charge in [0.15, 0.2) is 5.17 Å². The lowest BCUT2D eigenvalue weighted by Gasteiger charge is -2.18. The molecule has 1 atom stereocenters. The Kier molecular flexibility index (Phi) is 4.33. The molecule has 0 amide bonds. The standard InChI is InChI=1S/C15H22N2S/c1-15(2,3)9-10-16-14-17-11-13(18-14)12-7-5-4-6-8-12/h4-8,13H,9-11H2,1-3H3,(H,16,17). The highest BCUT2D eigenvalue weighted by Crippen LogP contribution is 2.34. The van der Waals surface area contributed by atoms with Gasteiger partial charge in [-0.2, -0.15) is 0 Å². The predicted molar refractivity (Wildman–Crippen MR) is 81.2 cm³/mol. The number of thioether (sulfide) groups is 1. The molecule has 1 unspecified atom stereocenters. The fourth-order valence-corrected chi connectivity index (χ4v) is 2.90. The van der Waals surface area contributed by atoms with Crippen LogP contribution in [0, 0.1) is 5.41 Å². The van der Waals surface area contributed by atoms with E-state index in [1.54, 1.807) is 0 Å². The predicted octanol–water partition coefficient (Wildman–Crippen LogP) is 3.86. The van der Waals surface area contributed by atoms with Crippen molar-refractivity contribution in [2.45, 2.75) is 32.4 Å². The molecule has 1 aliphatic rings. The van der Waals surface area contributed by atoms with E-state index in [4.69, 9.17) is 0 Å². The number of nitrogens with one attached hydrogen (secondary N) is 1. The van der Waals surface area contributed by atoms with Crippen LogP contribution < -0.4 is 5.32 Å². The third-order valence-electron chi connectivity index (χ3n) is 2.98. The first kappa shape index (κ1) is 13.5. The second-order valence-electron chi connectivity index (χ2n) is 5.90. The first-order chi connectivity index (χ1) is 8.54. The Morgan fingerprint density at radius 3 is 2.67 bits per heavy atom. The fraction of sp³-hybridized carbons (Fsp3) is 0.533. The Labute approximate surface area is 114 Å². The second-order valence-corrected chi connectivity index (χ2v) is 7.09. The highest BCUT2D eigenvalue weighted by atomic mass is 32.2. The van der Waals surface area contributed by atoms with Gasteiger partial charge in [-0.3, -0.25) is 4.99 Å². The van der Waals surface area contributed by atoms with E-state index in [0.29, 0.717) is 10.7 Å². The molecule has 2 rings (SSSR count). The van der Waals surface area contributed by atoms with Crippen molar-refractivity contribution in [2.24, 2.45) is 10.4 Å². The zero-order valence-corrected chi connectivity index (χ0v) is 12.3. The van der Waals surface area contributed by atoms with E-state index < -0.39 is 0 Å². The minimum Gasteiger partial charge on any atom is -0.365 e. The molecular formula is C15H22N2S. The molecule has 0 bridgehead atoms. The number of amidine groups is 1. The minimum atomic E-state index is 0.385. The topological polar surface area (TPSA) is 24.4 Å². The lowest BCUT2D eigenvalue weighted by Crippen LogP contribution is -2.24. The van der Waals surface area contributed by atoms with E-state index in [1.807, 2.05) is 11.8 Å². The van der Waals surface area contributed by atoms with Crippen LogP contribution in [0.25, 0.3) is 0 Å². The van der Waals surface area contributed by atoms with Crippen LogP contribution in [0.2, 0.25) is 0 Å². The molecule has 0 spiro atoms. The summed E-state index contributed by atoms with van der Waals surface area (Å²) in [5.41, 5.74) is 1.76. The summed E-state index contributed by atoms with van der Waals surface area (Å²) in [5.74, 6) is 0. The molecule has 0 fully saturated rings. The molecule has 0 aliphatic carbocycles. The summed E-state index contributed by atoms with van der Waals surface area (Å²) in [5, 5.41) is 5.04. The maximum atomic E-state index is 4.58. The average Bonchev–Trinajstić information content (AvgIpc) is 2.77. The Hall–Kier alpha value is -0.960. The van der Waals surface area contributed by atoms with Crippen molar-refractivity contribution in [3.63, 3.8) is 0 Å². The summed E-state index contributed by atoms with van der Waals surface area (Å²) in [7, 11) is 0. The zero-order chi connectivity index (χ0) is 13.0. The molecule has 0 aromatic heterocycles. The lowest BCUT2D eigenvalue weighted by atomic mass is 9.92. The van der Waals surface area contributed by atoms with E-state index in [0.717, 1.165) is 18.3 Å². The molecular weight excluding hydrogens is 240 g/mol. The summed E-state index contributed by atoms with van der Waals surface area (Å²) in [6, 6.07) is 10.6. The minimum absolute atomic E-state index is 0.385. The second kappa shape index (κ2) is 5.79. The highest BCUT2D eigenvalue weighted by Gasteiger charge is 2.21. The molecule has 0 saturated carbocycles. The number of rotatable bonds is 3. The number of aliphatic imine (C=N–C) groups is 1. The van der Waals surface area contributed by atoms with Gasteiger partial charge in [0.1, 0.15) is 0 Å². The van der Waals surface area contributed by atoms with Crippen molar-refractivity contribution in [3.8, 4) is 0 Å². The van der Waals surface area contributed by atoms with Gasteiger partial charge in [-0.1, -0.05) is 62.9 Å². The smallest absolute Gasteiger partial charge is 0.157 e. The maximum absolute atomic E-state index is 4.58. The normalized spacial score (nSPS) is 19.7. The van der Waals surface area contributed by atoms with E-state index in [-0.39, 0.29) is 0 Å². The van der Waals surface area contributed by atoms with Crippen molar-refractivity contribution < 1.29 is 0 Å². The number of hydrogen-bond acceptors (Lipinski definition) is 3. The number of benzene rings is 1. The lowest BCUT2D eigenvalue weighted by molar-refractivity contribution is 0.378. The number of nitrogens with zero attached hydrogens (tertiary/aromatic N) is 1. The fourth-order valence-electron chi connectivity index (χ4n) is 1.86. The third kappa shape index (κ3) is 4.05. The molecule has 3 heteroatoms. The molecule has 1 aromatic rings. The average molecular weight is 262 g/mol. The van der Waals surface area contributed by atoms with E-state index in [2.05, 4.69) is 61.4 Å². The molecule has 98 valence electrons. The number of hydrogen-bond donors (Lipinski definition) is 1. The Bertz CT molecular complexity index is 406. The van der Waals surface area contributed by atoms with Crippen LogP contribution in [0.3, 0.4) is 0 Å². The van der Waals surface area contributed by atoms with Crippen LogP contribution in [0.5, 0.6) is 0 Å². The summed E-state index contributed by atoms with van der Waals surface area (Å²) in [6.45, 7) is 8.71. The SMILES string of the molecule is CC(C)(C)CCNC1=NCC(c2ccccc2)S1. The van der Waals surface area contributed by atoms with E-state index in [9.17, 15) is 0 Å². The van der Waals surface area contributed by atoms with Crippen LogP contribution in [0.4, 0.5) is 0 Å². The van der Waals surface area contributed by atoms with Gasteiger partial charge in [0.2, 0.25) is 0 Å². The molecule has 18 heavy (non-hydrogen) atoms. The van der Waals surface area contributed by atoms with Crippen LogP contribution in [0.15, 0.2) is 35.3 Å². The highest BCUT2D eigenvalue weighted by molar-refractivity contribution is 8.14. The summed E-state index contributed by atoms with van der Waals surface area (Å²) >= 11 is 1.85. The van der Waals surface area contributed by atoms with Crippen LogP contribution in [0.1, 0.15) is 38.0 Å². The monoisotopic (exact) mass is 262 g/mol. The van der Waals surface area contributed by atoms with Crippen molar-refractivity contribution in [1.82, 2.24) is 5.32 Å². The Morgan fingerprint density at radius 1 is 1.28 bits per heavy atom. The largest absolute Gasteiger partial charge is 0.365 e. The van der Waals surface area contributed by atoms with Gasteiger partial charge < -0.3 is 5.32 Å². The van der Waals surface area contributed by atoms with Crippen molar-refractivity contribution in [1.29, 1.82) is 0 Å². The van der Waals surface area contributed by atoms with Gasteiger partial charge in [0.05, 0.1) is 11.8 Å². The van der Waals surface area contributed by atoms with Crippen LogP contribution in [-0.4, -0.2) is 18.3 Å². The van der Waals surface area contributed by atoms with Crippen LogP contribution >= 0.6 is 11.8 Å². The van der Waals surface area contributed by atoms with Gasteiger partial charge in [-0.05, 0) is 17.4 Å². The van der Waals surface area contributed by atoms with Crippen molar-refractivity contribution >= 4 is 16.9 Å². The van der Waals surface area contributed by atoms with Gasteiger partial charge in [-0.15, -0.1) is 0 Å². The molecule has 1 aromatic carbocycles. The first-order valence-electron chi connectivity index (χ1n) is 6.54. The Balaban J connectivity index is 1.78. The van der Waals surface area contributed by atoms with Crippen molar-refractivity contribution in [2.75, 3.05) is 13.1 Å². The quantitative estimate of drug-likeness (QED) is 0.894. The molecule has 2 nitrogen and oxygen atoms in total. The van der Waals surface area contributed by atoms with Gasteiger partial charge >= 0.3 is 0 Å². The summed E-state index contributed by atoms with van der Waals surface area (Å²) in [4.78, 5) is 4.58. The maximum Gasteiger partial charge on any atom is 0.157 e. The third-order valence-corrected chi connectivity index (χ3v) is 4.18. The van der Waals surface area contributed by atoms with Crippen LogP contribution in [-0.2, 0) is 0 Å². The first-order valence-corrected chi connectivity index (χ1v) is 7.42. The Morgan fingerprint density at radius 2 is 2.00 bits per heavy atom. The zero-order valence-electron chi connectivity index (χ0n) is 11.4. The van der Waals surface area contributed by atoms with Crippen molar-refractivity contribution in [3.05, 3.63) is 35.9 Å². The molecule has 1 aliphatic heterocycles. The van der Waals surface area contributed by atoms with Gasteiger partial charge in [0.25, 0.3) is 0 Å².